The molecule has 7 aromatic carbocycles. The highest BCUT2D eigenvalue weighted by atomic mass is 15.3. The smallest absolute Gasteiger partial charge is 0.161 e. The summed E-state index contributed by atoms with van der Waals surface area (Å²) in [4.78, 5) is 5.16. The van der Waals surface area contributed by atoms with E-state index in [0.717, 1.165) is 50.4 Å². The molecule has 0 aliphatic carbocycles. The van der Waals surface area contributed by atoms with E-state index in [0.29, 0.717) is 0 Å². The fourth-order valence-corrected chi connectivity index (χ4v) is 7.94. The predicted molar refractivity (Wildman–Crippen MR) is 221 cm³/mol. The van der Waals surface area contributed by atoms with Gasteiger partial charge in [-0.05, 0) is 72.8 Å². The predicted octanol–water partition coefficient (Wildman–Crippen LogP) is 12.4. The quantitative estimate of drug-likeness (QED) is 0.185. The van der Waals surface area contributed by atoms with E-state index >= 15 is 0 Å². The molecule has 0 radical (unpaired) electrons. The molecule has 11 aromatic rings. The third-order valence-electron chi connectivity index (χ3n) is 10.3. The molecule has 0 saturated carbocycles. The molecule has 0 unspecified atom stereocenters. The molecule has 0 fully saturated rings. The van der Waals surface area contributed by atoms with Gasteiger partial charge in [0, 0.05) is 49.4 Å². The monoisotopic (exact) mass is 681 g/mol. The average Bonchev–Trinajstić information content (AvgIpc) is 3.92. The minimum absolute atomic E-state index is 0.814. The van der Waals surface area contributed by atoms with Crippen LogP contribution in [0.15, 0.2) is 176 Å². The highest BCUT2D eigenvalue weighted by molar-refractivity contribution is 6.19. The van der Waals surface area contributed by atoms with Crippen LogP contribution in [0.5, 0.6) is 0 Å². The van der Waals surface area contributed by atoms with E-state index in [9.17, 15) is 0 Å². The minimum atomic E-state index is 0.814. The maximum Gasteiger partial charge on any atom is 0.161 e. The number of para-hydroxylation sites is 4. The fraction of sp³-hybridized carbons (Fsp3) is 0.0417. The molecule has 4 aromatic heterocycles. The van der Waals surface area contributed by atoms with Crippen molar-refractivity contribution in [3.05, 3.63) is 176 Å². The standard InChI is InChI=1S/C46H29N5.C2H6/c1-3-13-30(14-4-1)40-28-45-36-19-7-10-20-39(36)47-46(51(45)48-40)31-23-25-33(26-24-31)50-42-22-12-9-18-35(42)38-27-37-34-17-8-11-21-41(34)49(43(37)29-44(38)50)32-15-5-2-6-16-32;1-2/h1-29H;1-2H3. The Morgan fingerprint density at radius 1 is 0.377 bits per heavy atom. The second-order valence-corrected chi connectivity index (χ2v) is 13.1. The Hall–Kier alpha value is -6.98. The molecule has 53 heavy (non-hydrogen) atoms. The molecule has 11 rings (SSSR count). The Labute approximate surface area is 306 Å². The molecule has 5 heteroatoms. The normalized spacial score (nSPS) is 11.6. The van der Waals surface area contributed by atoms with Gasteiger partial charge in [-0.2, -0.15) is 5.10 Å². The van der Waals surface area contributed by atoms with Crippen molar-refractivity contribution in [1.82, 2.24) is 23.7 Å². The second kappa shape index (κ2) is 12.4. The summed E-state index contributed by atoms with van der Waals surface area (Å²) in [6.45, 7) is 4.00. The van der Waals surface area contributed by atoms with Gasteiger partial charge in [-0.1, -0.05) is 117 Å². The van der Waals surface area contributed by atoms with Gasteiger partial charge in [-0.25, -0.2) is 9.50 Å². The molecule has 0 bridgehead atoms. The van der Waals surface area contributed by atoms with E-state index < -0.39 is 0 Å². The van der Waals surface area contributed by atoms with Gasteiger partial charge in [-0.3, -0.25) is 0 Å². The fourth-order valence-electron chi connectivity index (χ4n) is 7.94. The molecule has 0 amide bonds. The molecule has 0 atom stereocenters. The van der Waals surface area contributed by atoms with Gasteiger partial charge in [0.05, 0.1) is 38.8 Å². The van der Waals surface area contributed by atoms with Crippen molar-refractivity contribution < 1.29 is 0 Å². The van der Waals surface area contributed by atoms with Crippen molar-refractivity contribution in [2.75, 3.05) is 0 Å². The number of benzene rings is 7. The molecule has 0 aliphatic heterocycles. The SMILES string of the molecule is CC.c1ccc(-c2cc3c4ccccc4nc(-c4ccc(-n5c6ccccc6c6cc7c8ccccc8n(-c8ccccc8)c7cc65)cc4)n3n2)cc1. The molecule has 0 N–H and O–H groups in total. The van der Waals surface area contributed by atoms with E-state index in [2.05, 4.69) is 173 Å². The van der Waals surface area contributed by atoms with Crippen molar-refractivity contribution in [2.24, 2.45) is 0 Å². The number of rotatable bonds is 4. The Morgan fingerprint density at radius 3 is 1.55 bits per heavy atom. The maximum atomic E-state index is 5.16. The maximum absolute atomic E-state index is 5.16. The average molecular weight is 682 g/mol. The second-order valence-electron chi connectivity index (χ2n) is 13.1. The minimum Gasteiger partial charge on any atom is -0.309 e. The largest absolute Gasteiger partial charge is 0.309 e. The number of fused-ring (bicyclic) bond motifs is 9. The van der Waals surface area contributed by atoms with Crippen molar-refractivity contribution in [1.29, 1.82) is 0 Å². The van der Waals surface area contributed by atoms with Crippen LogP contribution >= 0.6 is 0 Å². The van der Waals surface area contributed by atoms with Crippen molar-refractivity contribution in [3.8, 4) is 34.0 Å². The Bertz CT molecular complexity index is 3110. The molecule has 252 valence electrons. The molecule has 0 aliphatic rings. The first kappa shape index (κ1) is 30.8. The topological polar surface area (TPSA) is 40.0 Å². The summed E-state index contributed by atoms with van der Waals surface area (Å²) in [5.74, 6) is 0.814. The third kappa shape index (κ3) is 4.78. The Balaban J connectivity index is 0.00000172. The van der Waals surface area contributed by atoms with Crippen LogP contribution in [0, 0.1) is 0 Å². The first-order valence-corrected chi connectivity index (χ1v) is 18.3. The summed E-state index contributed by atoms with van der Waals surface area (Å²) in [6, 6.07) is 62.5. The van der Waals surface area contributed by atoms with Crippen molar-refractivity contribution in [3.63, 3.8) is 0 Å². The zero-order valence-electron chi connectivity index (χ0n) is 29.5. The van der Waals surface area contributed by atoms with Crippen LogP contribution in [0.3, 0.4) is 0 Å². The summed E-state index contributed by atoms with van der Waals surface area (Å²) in [7, 11) is 0. The zero-order valence-corrected chi connectivity index (χ0v) is 29.5. The van der Waals surface area contributed by atoms with E-state index in [1.807, 2.05) is 30.5 Å². The van der Waals surface area contributed by atoms with E-state index in [4.69, 9.17) is 10.1 Å². The van der Waals surface area contributed by atoms with Crippen molar-refractivity contribution >= 4 is 60.0 Å². The third-order valence-corrected chi connectivity index (χ3v) is 10.3. The molecule has 0 saturated heterocycles. The van der Waals surface area contributed by atoms with Crippen LogP contribution in [-0.2, 0) is 0 Å². The van der Waals surface area contributed by atoms with Crippen LogP contribution in [0.1, 0.15) is 13.8 Å². The Morgan fingerprint density at radius 2 is 0.906 bits per heavy atom. The lowest BCUT2D eigenvalue weighted by Crippen LogP contribution is -2.00. The van der Waals surface area contributed by atoms with Gasteiger partial charge in [-0.15, -0.1) is 0 Å². The summed E-state index contributed by atoms with van der Waals surface area (Å²) in [5, 5.41) is 11.1. The van der Waals surface area contributed by atoms with E-state index in [1.165, 1.54) is 43.6 Å². The highest BCUT2D eigenvalue weighted by Gasteiger charge is 2.19. The molecule has 4 heterocycles. The highest BCUT2D eigenvalue weighted by Crippen LogP contribution is 2.40. The number of aromatic nitrogens is 5. The van der Waals surface area contributed by atoms with Crippen LogP contribution in [0.4, 0.5) is 0 Å². The van der Waals surface area contributed by atoms with Crippen molar-refractivity contribution in [2.45, 2.75) is 13.8 Å². The summed E-state index contributed by atoms with van der Waals surface area (Å²) >= 11 is 0. The molecular formula is C48H35N5. The van der Waals surface area contributed by atoms with E-state index in [1.54, 1.807) is 0 Å². The molecular weight excluding hydrogens is 647 g/mol. The number of nitrogens with zero attached hydrogens (tertiary/aromatic N) is 5. The number of hydrogen-bond donors (Lipinski definition) is 0. The lowest BCUT2D eigenvalue weighted by atomic mass is 10.1. The lowest BCUT2D eigenvalue weighted by Gasteiger charge is -2.12. The zero-order chi connectivity index (χ0) is 35.5. The van der Waals surface area contributed by atoms with E-state index in [-0.39, 0.29) is 0 Å². The van der Waals surface area contributed by atoms with Gasteiger partial charge >= 0.3 is 0 Å². The van der Waals surface area contributed by atoms with Gasteiger partial charge in [0.1, 0.15) is 0 Å². The van der Waals surface area contributed by atoms with Crippen LogP contribution in [0.2, 0.25) is 0 Å². The van der Waals surface area contributed by atoms with Gasteiger partial charge < -0.3 is 9.13 Å². The van der Waals surface area contributed by atoms with Crippen LogP contribution in [-0.4, -0.2) is 23.7 Å². The van der Waals surface area contributed by atoms with Gasteiger partial charge in [0.15, 0.2) is 5.82 Å². The first-order chi connectivity index (χ1) is 26.3. The molecule has 0 spiro atoms. The number of hydrogen-bond acceptors (Lipinski definition) is 2. The first-order valence-electron chi connectivity index (χ1n) is 18.3. The molecule has 5 nitrogen and oxygen atoms in total. The summed E-state index contributed by atoms with van der Waals surface area (Å²) in [5.41, 5.74) is 12.0. The summed E-state index contributed by atoms with van der Waals surface area (Å²) < 4.78 is 6.78. The van der Waals surface area contributed by atoms with Gasteiger partial charge in [0.25, 0.3) is 0 Å². The Kier molecular flexibility index (Phi) is 7.18. The summed E-state index contributed by atoms with van der Waals surface area (Å²) in [6.07, 6.45) is 0. The lowest BCUT2D eigenvalue weighted by molar-refractivity contribution is 0.949. The van der Waals surface area contributed by atoms with Crippen LogP contribution < -0.4 is 0 Å². The van der Waals surface area contributed by atoms with Crippen LogP contribution in [0.25, 0.3) is 94.1 Å². The van der Waals surface area contributed by atoms with Gasteiger partial charge in [0.2, 0.25) is 0 Å².